The molecule has 1 aliphatic rings. The molecular weight excluding hydrogens is 362 g/mol. The van der Waals surface area contributed by atoms with Gasteiger partial charge in [-0.1, -0.05) is 11.6 Å². The third-order valence-corrected chi connectivity index (χ3v) is 5.34. The summed E-state index contributed by atoms with van der Waals surface area (Å²) in [7, 11) is 1.64. The van der Waals surface area contributed by atoms with Gasteiger partial charge in [-0.2, -0.15) is 0 Å². The normalized spacial score (nSPS) is 16.9. The van der Waals surface area contributed by atoms with Crippen molar-refractivity contribution in [2.45, 2.75) is 32.6 Å². The maximum absolute atomic E-state index is 12.4. The van der Waals surface area contributed by atoms with E-state index < -0.39 is 0 Å². The van der Waals surface area contributed by atoms with Crippen LogP contribution in [0.2, 0.25) is 5.02 Å². The number of amides is 1. The molecule has 0 saturated carbocycles. The molecule has 2 heterocycles. The fourth-order valence-electron chi connectivity index (χ4n) is 3.55. The minimum absolute atomic E-state index is 0.0521. The summed E-state index contributed by atoms with van der Waals surface area (Å²) < 4.78 is 5.20. The number of hydrogen-bond donors (Lipinski definition) is 1. The van der Waals surface area contributed by atoms with Crippen LogP contribution in [0.4, 0.5) is 11.5 Å². The summed E-state index contributed by atoms with van der Waals surface area (Å²) in [5.74, 6) is 2.17. The van der Waals surface area contributed by atoms with E-state index in [1.165, 1.54) is 0 Å². The number of methoxy groups -OCH3 is 1. The second kappa shape index (κ2) is 9.09. The number of ether oxygens (including phenoxy) is 1. The van der Waals surface area contributed by atoms with Gasteiger partial charge < -0.3 is 15.0 Å². The summed E-state index contributed by atoms with van der Waals surface area (Å²) in [6.45, 7) is 3.82. The molecule has 1 fully saturated rings. The van der Waals surface area contributed by atoms with Crippen LogP contribution in [-0.2, 0) is 4.79 Å². The van der Waals surface area contributed by atoms with E-state index in [0.29, 0.717) is 17.4 Å². The second-order valence-electron chi connectivity index (χ2n) is 7.03. The first-order valence-corrected chi connectivity index (χ1v) is 9.74. The topological polar surface area (TPSA) is 54.5 Å². The molecule has 1 atom stereocenters. The van der Waals surface area contributed by atoms with Crippen molar-refractivity contribution in [3.8, 4) is 5.75 Å². The highest BCUT2D eigenvalue weighted by atomic mass is 35.5. The molecule has 0 aliphatic carbocycles. The van der Waals surface area contributed by atoms with Gasteiger partial charge in [-0.05, 0) is 68.0 Å². The van der Waals surface area contributed by atoms with Gasteiger partial charge >= 0.3 is 0 Å². The average molecular weight is 388 g/mol. The first kappa shape index (κ1) is 19.5. The number of nitrogens with one attached hydrogen (secondary N) is 1. The first-order chi connectivity index (χ1) is 13.1. The minimum Gasteiger partial charge on any atom is -0.497 e. The van der Waals surface area contributed by atoms with E-state index in [2.05, 4.69) is 15.2 Å². The van der Waals surface area contributed by atoms with E-state index >= 15 is 0 Å². The highest BCUT2D eigenvalue weighted by Crippen LogP contribution is 2.29. The Morgan fingerprint density at radius 2 is 2.26 bits per heavy atom. The van der Waals surface area contributed by atoms with Crippen molar-refractivity contribution in [2.24, 2.45) is 5.92 Å². The van der Waals surface area contributed by atoms with Gasteiger partial charge in [0.2, 0.25) is 5.91 Å². The number of rotatable bonds is 6. The number of carbonyl (C=O) groups excluding carboxylic acids is 1. The van der Waals surface area contributed by atoms with Crippen molar-refractivity contribution in [2.75, 3.05) is 30.4 Å². The average Bonchev–Trinajstić information content (AvgIpc) is 2.68. The number of pyridine rings is 1. The third kappa shape index (κ3) is 5.13. The van der Waals surface area contributed by atoms with Gasteiger partial charge in [0.1, 0.15) is 11.6 Å². The number of carbonyl (C=O) groups is 1. The van der Waals surface area contributed by atoms with Crippen molar-refractivity contribution in [1.29, 1.82) is 0 Å². The van der Waals surface area contributed by atoms with Crippen molar-refractivity contribution in [1.82, 2.24) is 4.98 Å². The molecule has 27 heavy (non-hydrogen) atoms. The van der Waals surface area contributed by atoms with E-state index in [4.69, 9.17) is 16.3 Å². The van der Waals surface area contributed by atoms with Gasteiger partial charge in [0.15, 0.2) is 0 Å². The second-order valence-corrected chi connectivity index (χ2v) is 7.44. The maximum Gasteiger partial charge on any atom is 0.224 e. The van der Waals surface area contributed by atoms with Crippen LogP contribution in [-0.4, -0.2) is 31.1 Å². The summed E-state index contributed by atoms with van der Waals surface area (Å²) >= 11 is 6.28. The Labute approximate surface area is 165 Å². The predicted molar refractivity (Wildman–Crippen MR) is 110 cm³/mol. The van der Waals surface area contributed by atoms with E-state index in [0.717, 1.165) is 55.2 Å². The Morgan fingerprint density at radius 1 is 1.41 bits per heavy atom. The molecule has 2 aromatic rings. The van der Waals surface area contributed by atoms with Crippen molar-refractivity contribution < 1.29 is 9.53 Å². The van der Waals surface area contributed by atoms with Crippen molar-refractivity contribution in [3.05, 3.63) is 47.1 Å². The molecule has 1 aliphatic heterocycles. The largest absolute Gasteiger partial charge is 0.497 e. The maximum atomic E-state index is 12.4. The summed E-state index contributed by atoms with van der Waals surface area (Å²) in [5, 5.41) is 3.70. The minimum atomic E-state index is 0.0521. The van der Waals surface area contributed by atoms with Crippen LogP contribution in [0.25, 0.3) is 0 Å². The Hall–Kier alpha value is -2.27. The highest BCUT2D eigenvalue weighted by Gasteiger charge is 2.23. The lowest BCUT2D eigenvalue weighted by Gasteiger charge is -2.34. The van der Waals surface area contributed by atoms with Gasteiger partial charge in [0, 0.05) is 31.4 Å². The summed E-state index contributed by atoms with van der Waals surface area (Å²) in [6.07, 6.45) is 5.38. The fourth-order valence-corrected chi connectivity index (χ4v) is 3.80. The molecule has 1 N–H and O–H groups in total. The lowest BCUT2D eigenvalue weighted by atomic mass is 9.93. The number of anilines is 2. The van der Waals surface area contributed by atoms with Crippen LogP contribution in [0.5, 0.6) is 5.75 Å². The summed E-state index contributed by atoms with van der Waals surface area (Å²) in [5.41, 5.74) is 1.84. The van der Waals surface area contributed by atoms with Crippen LogP contribution in [0, 0.1) is 12.8 Å². The molecule has 3 rings (SSSR count). The van der Waals surface area contributed by atoms with Crippen LogP contribution in [0.15, 0.2) is 36.5 Å². The third-order valence-electron chi connectivity index (χ3n) is 5.04. The van der Waals surface area contributed by atoms with Crippen LogP contribution < -0.4 is 15.0 Å². The molecule has 0 spiro atoms. The smallest absolute Gasteiger partial charge is 0.224 e. The lowest BCUT2D eigenvalue weighted by Crippen LogP contribution is -2.36. The SMILES string of the molecule is COc1ccc(NC(=O)CCC2CCCN(c3ncccc3Cl)C2)c(C)c1. The Bertz CT molecular complexity index is 797. The van der Waals surface area contributed by atoms with Crippen molar-refractivity contribution in [3.63, 3.8) is 0 Å². The van der Waals surface area contributed by atoms with E-state index in [-0.39, 0.29) is 5.91 Å². The van der Waals surface area contributed by atoms with Crippen LogP contribution in [0.1, 0.15) is 31.2 Å². The van der Waals surface area contributed by atoms with E-state index in [9.17, 15) is 4.79 Å². The molecule has 0 bridgehead atoms. The number of nitrogens with zero attached hydrogens (tertiary/aromatic N) is 2. The van der Waals surface area contributed by atoms with E-state index in [1.807, 2.05) is 37.3 Å². The lowest BCUT2D eigenvalue weighted by molar-refractivity contribution is -0.116. The Balaban J connectivity index is 1.52. The summed E-state index contributed by atoms with van der Waals surface area (Å²) in [4.78, 5) is 19.0. The molecule has 6 heteroatoms. The van der Waals surface area contributed by atoms with Gasteiger partial charge in [0.25, 0.3) is 0 Å². The zero-order chi connectivity index (χ0) is 19.2. The molecule has 144 valence electrons. The molecule has 0 radical (unpaired) electrons. The van der Waals surface area contributed by atoms with Crippen molar-refractivity contribution >= 4 is 29.0 Å². The fraction of sp³-hybridized carbons (Fsp3) is 0.429. The molecule has 5 nitrogen and oxygen atoms in total. The monoisotopic (exact) mass is 387 g/mol. The first-order valence-electron chi connectivity index (χ1n) is 9.37. The summed E-state index contributed by atoms with van der Waals surface area (Å²) in [6, 6.07) is 9.39. The molecule has 1 aromatic heterocycles. The number of piperidine rings is 1. The molecule has 1 saturated heterocycles. The zero-order valence-electron chi connectivity index (χ0n) is 15.9. The standard InChI is InChI=1S/C21H26ClN3O2/c1-15-13-17(27-2)8-9-19(15)24-20(26)10-7-16-5-4-12-25(14-16)21-18(22)6-3-11-23-21/h3,6,8-9,11,13,16H,4-5,7,10,12,14H2,1-2H3,(H,24,26). The van der Waals surface area contributed by atoms with Crippen LogP contribution >= 0.6 is 11.6 Å². The van der Waals surface area contributed by atoms with Crippen LogP contribution in [0.3, 0.4) is 0 Å². The number of aromatic nitrogens is 1. The number of benzene rings is 1. The Kier molecular flexibility index (Phi) is 6.56. The predicted octanol–water partition coefficient (Wildman–Crippen LogP) is 4.69. The molecule has 1 aromatic carbocycles. The van der Waals surface area contributed by atoms with Gasteiger partial charge in [-0.15, -0.1) is 0 Å². The van der Waals surface area contributed by atoms with Gasteiger partial charge in [-0.3, -0.25) is 4.79 Å². The number of aryl methyl sites for hydroxylation is 1. The zero-order valence-corrected chi connectivity index (χ0v) is 16.6. The Morgan fingerprint density at radius 3 is 3.00 bits per heavy atom. The number of halogens is 1. The van der Waals surface area contributed by atoms with Gasteiger partial charge in [0.05, 0.1) is 12.1 Å². The van der Waals surface area contributed by atoms with E-state index in [1.54, 1.807) is 13.3 Å². The molecular formula is C21H26ClN3O2. The molecule has 1 unspecified atom stereocenters. The number of hydrogen-bond acceptors (Lipinski definition) is 4. The quantitative estimate of drug-likeness (QED) is 0.781. The highest BCUT2D eigenvalue weighted by molar-refractivity contribution is 6.32. The van der Waals surface area contributed by atoms with Gasteiger partial charge in [-0.25, -0.2) is 4.98 Å². The molecule has 1 amide bonds.